The minimum absolute atomic E-state index is 0.0629. The van der Waals surface area contributed by atoms with Crippen molar-refractivity contribution in [3.05, 3.63) is 28.7 Å². The summed E-state index contributed by atoms with van der Waals surface area (Å²) < 4.78 is 0.973. The molecule has 102 valence electrons. The summed E-state index contributed by atoms with van der Waals surface area (Å²) in [4.78, 5) is 26.7. The second-order valence-corrected chi connectivity index (χ2v) is 5.35. The fourth-order valence-corrected chi connectivity index (χ4v) is 2.22. The number of benzene rings is 1. The van der Waals surface area contributed by atoms with E-state index in [-0.39, 0.29) is 11.9 Å². The highest BCUT2D eigenvalue weighted by Crippen LogP contribution is 2.15. The number of urea groups is 1. The van der Waals surface area contributed by atoms with Crippen molar-refractivity contribution < 1.29 is 9.59 Å². The van der Waals surface area contributed by atoms with Crippen LogP contribution in [-0.2, 0) is 4.79 Å². The summed E-state index contributed by atoms with van der Waals surface area (Å²) in [7, 11) is 0. The zero-order valence-corrected chi connectivity index (χ0v) is 12.3. The molecule has 1 saturated heterocycles. The minimum atomic E-state index is -0.120. The van der Waals surface area contributed by atoms with Gasteiger partial charge in [0.1, 0.15) is 0 Å². The van der Waals surface area contributed by atoms with Gasteiger partial charge in [0.15, 0.2) is 0 Å². The third-order valence-corrected chi connectivity index (χ3v) is 3.64. The number of hydrogen-bond donors (Lipinski definition) is 1. The van der Waals surface area contributed by atoms with Gasteiger partial charge in [0, 0.05) is 43.3 Å². The molecule has 5 nitrogen and oxygen atoms in total. The fraction of sp³-hybridized carbons (Fsp3) is 0.385. The molecule has 0 spiro atoms. The number of anilines is 1. The first-order valence-corrected chi connectivity index (χ1v) is 6.92. The smallest absolute Gasteiger partial charge is 0.321 e. The third-order valence-electron chi connectivity index (χ3n) is 3.11. The molecule has 6 heteroatoms. The van der Waals surface area contributed by atoms with Crippen molar-refractivity contribution in [1.29, 1.82) is 0 Å². The Balaban J connectivity index is 1.88. The standard InChI is InChI=1S/C13H16BrN3O2/c1-10(18)16-6-8-17(9-7-16)13(19)15-12-4-2-11(14)3-5-12/h2-5H,6-9H2,1H3,(H,15,19). The lowest BCUT2D eigenvalue weighted by molar-refractivity contribution is -0.130. The van der Waals surface area contributed by atoms with Gasteiger partial charge in [0.25, 0.3) is 0 Å². The van der Waals surface area contributed by atoms with Gasteiger partial charge in [-0.3, -0.25) is 4.79 Å². The van der Waals surface area contributed by atoms with E-state index >= 15 is 0 Å². The molecule has 0 saturated carbocycles. The molecular formula is C13H16BrN3O2. The summed E-state index contributed by atoms with van der Waals surface area (Å²) in [6.07, 6.45) is 0. The molecule has 2 rings (SSSR count). The van der Waals surface area contributed by atoms with Crippen LogP contribution in [0.2, 0.25) is 0 Å². The summed E-state index contributed by atoms with van der Waals surface area (Å²) in [5.41, 5.74) is 0.766. The minimum Gasteiger partial charge on any atom is -0.339 e. The number of piperazine rings is 1. The van der Waals surface area contributed by atoms with Gasteiger partial charge in [0.05, 0.1) is 0 Å². The quantitative estimate of drug-likeness (QED) is 0.860. The Labute approximate surface area is 120 Å². The summed E-state index contributed by atoms with van der Waals surface area (Å²) in [6.45, 7) is 3.90. The van der Waals surface area contributed by atoms with E-state index in [2.05, 4.69) is 21.2 Å². The predicted molar refractivity (Wildman–Crippen MR) is 77.0 cm³/mol. The number of nitrogens with one attached hydrogen (secondary N) is 1. The summed E-state index contributed by atoms with van der Waals surface area (Å²) in [5.74, 6) is 0.0629. The summed E-state index contributed by atoms with van der Waals surface area (Å²) in [5, 5.41) is 2.85. The van der Waals surface area contributed by atoms with Crippen LogP contribution in [0.4, 0.5) is 10.5 Å². The van der Waals surface area contributed by atoms with E-state index in [4.69, 9.17) is 0 Å². The maximum Gasteiger partial charge on any atom is 0.321 e. The molecule has 19 heavy (non-hydrogen) atoms. The molecule has 0 unspecified atom stereocenters. The monoisotopic (exact) mass is 325 g/mol. The van der Waals surface area contributed by atoms with E-state index in [9.17, 15) is 9.59 Å². The Morgan fingerprint density at radius 3 is 2.11 bits per heavy atom. The normalized spacial score (nSPS) is 15.3. The molecule has 0 aliphatic carbocycles. The first kappa shape index (κ1) is 13.9. The molecule has 0 atom stereocenters. The second-order valence-electron chi connectivity index (χ2n) is 4.43. The highest BCUT2D eigenvalue weighted by atomic mass is 79.9. The van der Waals surface area contributed by atoms with E-state index in [1.807, 2.05) is 24.3 Å². The molecule has 1 aliphatic heterocycles. The van der Waals surface area contributed by atoms with Crippen molar-refractivity contribution in [3.8, 4) is 0 Å². The topological polar surface area (TPSA) is 52.7 Å². The van der Waals surface area contributed by atoms with Crippen LogP contribution in [0.15, 0.2) is 28.7 Å². The Hall–Kier alpha value is -1.56. The number of rotatable bonds is 1. The lowest BCUT2D eigenvalue weighted by atomic mass is 10.3. The highest BCUT2D eigenvalue weighted by Gasteiger charge is 2.22. The predicted octanol–water partition coefficient (Wildman–Crippen LogP) is 2.15. The van der Waals surface area contributed by atoms with Crippen molar-refractivity contribution in [2.75, 3.05) is 31.5 Å². The van der Waals surface area contributed by atoms with Crippen molar-refractivity contribution >= 4 is 33.6 Å². The zero-order chi connectivity index (χ0) is 13.8. The molecule has 1 aromatic rings. The maximum atomic E-state index is 12.0. The molecule has 1 aromatic carbocycles. The van der Waals surface area contributed by atoms with Crippen LogP contribution < -0.4 is 5.32 Å². The van der Waals surface area contributed by atoms with Gasteiger partial charge < -0.3 is 15.1 Å². The first-order chi connectivity index (χ1) is 9.06. The number of carbonyl (C=O) groups is 2. The van der Waals surface area contributed by atoms with Gasteiger partial charge in [-0.25, -0.2) is 4.79 Å². The Morgan fingerprint density at radius 2 is 1.58 bits per heavy atom. The van der Waals surface area contributed by atoms with Crippen LogP contribution in [0.25, 0.3) is 0 Å². The van der Waals surface area contributed by atoms with E-state index in [0.717, 1.165) is 10.2 Å². The van der Waals surface area contributed by atoms with E-state index in [1.165, 1.54) is 0 Å². The van der Waals surface area contributed by atoms with Crippen molar-refractivity contribution in [3.63, 3.8) is 0 Å². The van der Waals surface area contributed by atoms with Gasteiger partial charge >= 0.3 is 6.03 Å². The fourth-order valence-electron chi connectivity index (χ4n) is 1.96. The first-order valence-electron chi connectivity index (χ1n) is 6.13. The van der Waals surface area contributed by atoms with Gasteiger partial charge in [0.2, 0.25) is 5.91 Å². The molecular weight excluding hydrogens is 310 g/mol. The molecule has 1 aliphatic rings. The average molecular weight is 326 g/mol. The van der Waals surface area contributed by atoms with Crippen molar-refractivity contribution in [1.82, 2.24) is 9.80 Å². The van der Waals surface area contributed by atoms with Crippen LogP contribution in [0, 0.1) is 0 Å². The lowest BCUT2D eigenvalue weighted by Crippen LogP contribution is -2.51. The number of carbonyl (C=O) groups excluding carboxylic acids is 2. The average Bonchev–Trinajstić information content (AvgIpc) is 2.41. The largest absolute Gasteiger partial charge is 0.339 e. The van der Waals surface area contributed by atoms with Crippen LogP contribution >= 0.6 is 15.9 Å². The Bertz CT molecular complexity index is 467. The van der Waals surface area contributed by atoms with E-state index in [1.54, 1.807) is 16.7 Å². The van der Waals surface area contributed by atoms with Crippen molar-refractivity contribution in [2.24, 2.45) is 0 Å². The number of nitrogens with zero attached hydrogens (tertiary/aromatic N) is 2. The van der Waals surface area contributed by atoms with Crippen LogP contribution in [0.1, 0.15) is 6.92 Å². The van der Waals surface area contributed by atoms with Gasteiger partial charge in [-0.2, -0.15) is 0 Å². The SMILES string of the molecule is CC(=O)N1CCN(C(=O)Nc2ccc(Br)cc2)CC1. The van der Waals surface area contributed by atoms with E-state index < -0.39 is 0 Å². The molecule has 1 fully saturated rings. The van der Waals surface area contributed by atoms with Crippen LogP contribution in [0.5, 0.6) is 0 Å². The van der Waals surface area contributed by atoms with Gasteiger partial charge in [-0.1, -0.05) is 15.9 Å². The molecule has 0 aromatic heterocycles. The molecule has 1 heterocycles. The number of amides is 3. The number of hydrogen-bond acceptors (Lipinski definition) is 2. The molecule has 0 radical (unpaired) electrons. The van der Waals surface area contributed by atoms with Gasteiger partial charge in [-0.15, -0.1) is 0 Å². The van der Waals surface area contributed by atoms with E-state index in [0.29, 0.717) is 26.2 Å². The maximum absolute atomic E-state index is 12.0. The van der Waals surface area contributed by atoms with Crippen LogP contribution in [0.3, 0.4) is 0 Å². The third kappa shape index (κ3) is 3.70. The summed E-state index contributed by atoms with van der Waals surface area (Å²) in [6, 6.07) is 7.32. The van der Waals surface area contributed by atoms with Gasteiger partial charge in [-0.05, 0) is 24.3 Å². The zero-order valence-electron chi connectivity index (χ0n) is 10.7. The number of halogens is 1. The van der Waals surface area contributed by atoms with Crippen LogP contribution in [-0.4, -0.2) is 47.9 Å². The van der Waals surface area contributed by atoms with Crippen molar-refractivity contribution in [2.45, 2.75) is 6.92 Å². The molecule has 3 amide bonds. The summed E-state index contributed by atoms with van der Waals surface area (Å²) >= 11 is 3.35. The Morgan fingerprint density at radius 1 is 1.05 bits per heavy atom. The highest BCUT2D eigenvalue weighted by molar-refractivity contribution is 9.10. The second kappa shape index (κ2) is 6.06. The molecule has 1 N–H and O–H groups in total. The molecule has 0 bridgehead atoms. The lowest BCUT2D eigenvalue weighted by Gasteiger charge is -2.34. The Kier molecular flexibility index (Phi) is 4.42.